The molecule has 6 aromatic rings. The maximum absolute atomic E-state index is 15.1. The number of rotatable bonds is 29. The van der Waals surface area contributed by atoms with Crippen molar-refractivity contribution in [3.05, 3.63) is 160 Å². The van der Waals surface area contributed by atoms with E-state index in [1.165, 1.54) is 28.7 Å². The van der Waals surface area contributed by atoms with E-state index < -0.39 is 45.4 Å². The number of aryl methyl sites for hydroxylation is 1. The van der Waals surface area contributed by atoms with Crippen LogP contribution in [0.5, 0.6) is 0 Å². The number of halogens is 2. The molecule has 11 rings (SSSR count). The van der Waals surface area contributed by atoms with Gasteiger partial charge in [-0.1, -0.05) is 106 Å². The molecule has 5 heterocycles. The molecule has 4 aliphatic heterocycles. The second kappa shape index (κ2) is 35.3. The number of amides is 5. The number of likely N-dealkylation sites (tertiary alicyclic amines) is 3. The first-order chi connectivity index (χ1) is 49.5. The van der Waals surface area contributed by atoms with Gasteiger partial charge in [0.05, 0.1) is 33.1 Å². The Labute approximate surface area is 623 Å². The Morgan fingerprint density at radius 3 is 2.19 bits per heavy atom. The summed E-state index contributed by atoms with van der Waals surface area (Å²) >= 11 is 9.55. The Morgan fingerprint density at radius 2 is 1.51 bits per heavy atom. The third-order valence-corrected chi connectivity index (χ3v) is 25.1. The lowest BCUT2D eigenvalue weighted by molar-refractivity contribution is -0.144. The fourth-order valence-corrected chi connectivity index (χ4v) is 18.4. The molecule has 0 radical (unpaired) electrons. The van der Waals surface area contributed by atoms with E-state index in [0.29, 0.717) is 66.2 Å². The van der Waals surface area contributed by atoms with E-state index in [0.717, 1.165) is 142 Å². The van der Waals surface area contributed by atoms with Crippen LogP contribution < -0.4 is 25.6 Å². The van der Waals surface area contributed by atoms with Crippen molar-refractivity contribution in [3.8, 4) is 10.4 Å². The average molecular weight is 1500 g/mol. The van der Waals surface area contributed by atoms with Gasteiger partial charge in [0.1, 0.15) is 23.6 Å². The van der Waals surface area contributed by atoms with Crippen LogP contribution in [0.1, 0.15) is 144 Å². The summed E-state index contributed by atoms with van der Waals surface area (Å²) in [4.78, 5) is 85.7. The van der Waals surface area contributed by atoms with Crippen molar-refractivity contribution >= 4 is 103 Å². The molecule has 7 atom stereocenters. The maximum atomic E-state index is 15.1. The molecule has 0 bridgehead atoms. The summed E-state index contributed by atoms with van der Waals surface area (Å²) in [7, 11) is -4.38. The summed E-state index contributed by atoms with van der Waals surface area (Å²) in [5, 5.41) is 20.8. The molecule has 4 fully saturated rings. The van der Waals surface area contributed by atoms with E-state index in [9.17, 15) is 41.7 Å². The smallest absolute Gasteiger partial charge is 0.391 e. The third-order valence-electron chi connectivity index (χ3n) is 20.8. The van der Waals surface area contributed by atoms with E-state index in [2.05, 4.69) is 52.5 Å². The number of sulfonamides is 1. The normalized spacial score (nSPS) is 19.9. The monoisotopic (exact) mass is 1500 g/mol. The second-order valence-electron chi connectivity index (χ2n) is 29.4. The summed E-state index contributed by atoms with van der Waals surface area (Å²) in [5.74, 6) is -0.596. The summed E-state index contributed by atoms with van der Waals surface area (Å²) < 4.78 is 57.7. The highest BCUT2D eigenvalue weighted by Gasteiger charge is 2.45. The number of aliphatic hydroxyl groups excluding tert-OH is 1. The lowest BCUT2D eigenvalue weighted by atomic mass is 9.85. The van der Waals surface area contributed by atoms with Crippen LogP contribution in [-0.2, 0) is 45.1 Å². The highest BCUT2D eigenvalue weighted by atomic mass is 35.5. The predicted octanol–water partition coefficient (Wildman–Crippen LogP) is 12.4. The quantitative estimate of drug-likeness (QED) is 0.0167. The van der Waals surface area contributed by atoms with Gasteiger partial charge in [-0.25, -0.2) is 22.5 Å². The number of nitrogens with one attached hydrogen (secondary N) is 4. The minimum atomic E-state index is -4.38. The molecule has 5 N–H and O–H groups in total. The molecular weight excluding hydrogens is 1400 g/mol. The average Bonchev–Trinajstić information content (AvgIpc) is 1.76. The number of anilines is 2. The largest absolute Gasteiger partial charge is 0.507 e. The van der Waals surface area contributed by atoms with Gasteiger partial charge in [0, 0.05) is 140 Å². The summed E-state index contributed by atoms with van der Waals surface area (Å²) in [6, 6.07) is 31.9. The van der Waals surface area contributed by atoms with E-state index in [4.69, 9.17) is 11.6 Å². The van der Waals surface area contributed by atoms with Crippen LogP contribution in [0.3, 0.4) is 0 Å². The first kappa shape index (κ1) is 77.0. The van der Waals surface area contributed by atoms with Crippen molar-refractivity contribution < 1.29 is 46.1 Å². The number of unbranched alkanes of at least 4 members (excludes halogenated alkanes) is 3. The third kappa shape index (κ3) is 20.3. The maximum Gasteiger partial charge on any atom is 0.507 e. The SMILES string of the molecule is Cc1ncsc1-c1ccc([C@H](C)NC(=O)[C@@H]2C[C@@H](O)CN2C(=O)[C@@H](NC(=O)CCCCCCC(=O)N2CC3CN(CC[C@H](CSc4ccccc4)Nc4ccc(S(=O)(=O)NC(=O)c5ccc(N6CCN(CC7=C(c8ccc(Cl)cc8F)CCCCC7)CC6)cc5)cc4[S+]=O)C[C@@H]3C2)C(C)(C)C)cc1. The number of hydrogen-bond acceptors (Lipinski definition) is 16. The van der Waals surface area contributed by atoms with Gasteiger partial charge >= 0.3 is 16.6 Å². The number of hydrogen-bond donors (Lipinski definition) is 5. The van der Waals surface area contributed by atoms with E-state index in [1.54, 1.807) is 53.4 Å². The van der Waals surface area contributed by atoms with Crippen molar-refractivity contribution in [1.29, 1.82) is 0 Å². The molecule has 0 spiro atoms. The molecule has 5 aliphatic rings. The Balaban J connectivity index is 0.600. The van der Waals surface area contributed by atoms with E-state index >= 15 is 4.39 Å². The van der Waals surface area contributed by atoms with Crippen LogP contribution in [0.15, 0.2) is 141 Å². The van der Waals surface area contributed by atoms with Gasteiger partial charge in [-0.05, 0) is 153 Å². The van der Waals surface area contributed by atoms with Crippen LogP contribution >= 0.6 is 34.7 Å². The molecule has 1 aliphatic carbocycles. The van der Waals surface area contributed by atoms with E-state index in [1.807, 2.05) is 99.6 Å². The Morgan fingerprint density at radius 1 is 0.806 bits per heavy atom. The van der Waals surface area contributed by atoms with Crippen molar-refractivity contribution in [2.75, 3.05) is 88.0 Å². The Hall–Kier alpha value is -7.16. The van der Waals surface area contributed by atoms with Crippen LogP contribution in [0.4, 0.5) is 15.8 Å². The molecule has 1 unspecified atom stereocenters. The number of nitrogens with zero attached hydrogens (tertiary/aromatic N) is 6. The number of aromatic nitrogens is 1. The first-order valence-electron chi connectivity index (χ1n) is 36.2. The summed E-state index contributed by atoms with van der Waals surface area (Å²) in [6.07, 6.45) is 8.38. The van der Waals surface area contributed by atoms with Gasteiger partial charge < -0.3 is 40.7 Å². The van der Waals surface area contributed by atoms with Crippen molar-refractivity contribution in [1.82, 2.24) is 39.9 Å². The van der Waals surface area contributed by atoms with Gasteiger partial charge in [-0.15, -0.1) is 23.1 Å². The zero-order chi connectivity index (χ0) is 73.0. The Bertz CT molecular complexity index is 4100. The van der Waals surface area contributed by atoms with Crippen molar-refractivity contribution in [2.24, 2.45) is 17.3 Å². The lowest BCUT2D eigenvalue weighted by Gasteiger charge is -2.37. The molecule has 0 saturated carbocycles. The van der Waals surface area contributed by atoms with Gasteiger partial charge in [0.15, 0.2) is 0 Å². The zero-order valence-electron chi connectivity index (χ0n) is 59.6. The topological polar surface area (TPSA) is 234 Å². The van der Waals surface area contributed by atoms with Gasteiger partial charge in [0.2, 0.25) is 23.6 Å². The number of benzene rings is 5. The number of β-amino-alcohol motifs (C(OH)–C–C–N with tert-alkyl or cyclic N) is 1. The van der Waals surface area contributed by atoms with E-state index in [-0.39, 0.29) is 82.0 Å². The molecule has 19 nitrogen and oxygen atoms in total. The van der Waals surface area contributed by atoms with Gasteiger partial charge in [-0.3, -0.25) is 28.9 Å². The minimum absolute atomic E-state index is 0.0142. The van der Waals surface area contributed by atoms with Crippen molar-refractivity contribution in [3.63, 3.8) is 0 Å². The number of aliphatic hydroxyl groups is 1. The fourth-order valence-electron chi connectivity index (χ4n) is 15.0. The number of allylic oxidation sites excluding steroid dienone is 1. The molecule has 550 valence electrons. The van der Waals surface area contributed by atoms with Gasteiger partial charge in [0.25, 0.3) is 15.9 Å². The van der Waals surface area contributed by atoms with Crippen LogP contribution in [0, 0.1) is 30.0 Å². The van der Waals surface area contributed by atoms with Crippen LogP contribution in [-0.4, -0.2) is 170 Å². The number of fused-ring (bicyclic) bond motifs is 1. The second-order valence-corrected chi connectivity index (χ2v) is 34.1. The number of thiazole rings is 1. The number of thioether (sulfide) groups is 1. The molecule has 5 amide bonds. The Kier molecular flexibility index (Phi) is 26.4. The lowest BCUT2D eigenvalue weighted by Crippen LogP contribution is -2.57. The number of piperazine rings is 1. The molecule has 25 heteroatoms. The fraction of sp³-hybridized carbons (Fsp3) is 0.487. The molecule has 5 aromatic carbocycles. The molecular formula is C78H97ClFN10O9S4+. The van der Waals surface area contributed by atoms with Crippen molar-refractivity contribution in [2.45, 2.75) is 163 Å². The number of carbonyl (C=O) groups is 5. The van der Waals surface area contributed by atoms with Gasteiger partial charge in [-0.2, -0.15) is 0 Å². The summed E-state index contributed by atoms with van der Waals surface area (Å²) in [6.45, 7) is 17.2. The standard InChI is InChI=1S/C78H96ClFN10O9S4/c1-51(53-22-24-54(25-23-53)73-52(2)81-50-101-73)82-76(95)69-41-62(91)48-90(69)77(96)74(78(3,4)5)84-71(92)20-14-6-7-15-21-72(93)89-46-57-44-87(45-58(57)47-89)35-34-60(49-100-63-17-11-9-12-18-63)83-68-33-31-64(42-70(68)102-97)103(98,99)85-75(94)55-26-29-61(30-27-55)88-38-36-86(37-39-88)43-56-16-10-8-13-19-65(56)66-32-28-59(79)40-67(66)80/h9,11-12,17-18,22-33,40,42,50-51,57-58,60,62,69,74,91H,6-8,10,13-16,19-21,34-39,41,43-49H2,1-5H3,(H3-,82,83,84,85,92,94,95,97)/p+1/t51-,57+,58?,60+,62+,69-,74+/m0/s1. The van der Waals surface area contributed by atoms with Crippen LogP contribution in [0.2, 0.25) is 5.02 Å². The predicted molar refractivity (Wildman–Crippen MR) is 407 cm³/mol. The molecule has 4 saturated heterocycles. The zero-order valence-corrected chi connectivity index (χ0v) is 63.6. The highest BCUT2D eigenvalue weighted by Crippen LogP contribution is 2.37. The molecule has 103 heavy (non-hydrogen) atoms. The highest BCUT2D eigenvalue weighted by molar-refractivity contribution is 7.99. The molecule has 1 aromatic heterocycles. The van der Waals surface area contributed by atoms with Crippen LogP contribution in [0.25, 0.3) is 16.0 Å². The first-order valence-corrected chi connectivity index (χ1v) is 40.7. The summed E-state index contributed by atoms with van der Waals surface area (Å²) in [5.41, 5.74) is 8.65. The minimum Gasteiger partial charge on any atom is -0.391 e. The number of carbonyl (C=O) groups excluding carboxylic acids is 5.